The Labute approximate surface area is 148 Å². The predicted molar refractivity (Wildman–Crippen MR) is 94.2 cm³/mol. The average molecular weight is 342 g/mol. The second-order valence-electron chi connectivity index (χ2n) is 8.42. The van der Waals surface area contributed by atoms with Gasteiger partial charge in [0, 0.05) is 30.0 Å². The SMILES string of the molecule is COC(=O)N[C@]1(C)C[C@H](C(=O)N2CC3CC3(c3ccc(C)cc3)C2)C1. The van der Waals surface area contributed by atoms with Crippen molar-refractivity contribution in [2.45, 2.75) is 44.1 Å². The lowest BCUT2D eigenvalue weighted by molar-refractivity contribution is -0.140. The molecule has 1 aromatic carbocycles. The standard InChI is InChI=1S/C20H26N2O3/c1-13-4-6-15(7-5-13)20-10-16(20)11-22(12-20)17(23)14-8-19(2,9-14)21-18(24)25-3/h4-7,14,16H,8-12H2,1-3H3,(H,21,24)/t14-,16?,19+,20?. The molecule has 134 valence electrons. The highest BCUT2D eigenvalue weighted by Crippen LogP contribution is 2.59. The number of ether oxygens (including phenoxy) is 1. The number of alkyl carbamates (subject to hydrolysis) is 1. The van der Waals surface area contributed by atoms with Crippen LogP contribution < -0.4 is 5.32 Å². The lowest BCUT2D eigenvalue weighted by Crippen LogP contribution is -2.58. The molecule has 0 bridgehead atoms. The Bertz CT molecular complexity index is 708. The van der Waals surface area contributed by atoms with Crippen LogP contribution in [0.5, 0.6) is 0 Å². The summed E-state index contributed by atoms with van der Waals surface area (Å²) in [6.45, 7) is 5.80. The van der Waals surface area contributed by atoms with Gasteiger partial charge >= 0.3 is 6.09 Å². The number of carbonyl (C=O) groups is 2. The zero-order valence-electron chi connectivity index (χ0n) is 15.2. The molecule has 1 saturated heterocycles. The van der Waals surface area contributed by atoms with Crippen molar-refractivity contribution >= 4 is 12.0 Å². The van der Waals surface area contributed by atoms with Gasteiger partial charge in [0.25, 0.3) is 0 Å². The molecule has 2 amide bonds. The monoisotopic (exact) mass is 342 g/mol. The van der Waals surface area contributed by atoms with E-state index in [1.165, 1.54) is 24.7 Å². The van der Waals surface area contributed by atoms with Crippen molar-refractivity contribution in [2.24, 2.45) is 11.8 Å². The predicted octanol–water partition coefficient (Wildman–Crippen LogP) is 2.62. The number of methoxy groups -OCH3 is 1. The molecule has 5 heteroatoms. The van der Waals surface area contributed by atoms with Gasteiger partial charge in [0.1, 0.15) is 0 Å². The van der Waals surface area contributed by atoms with Crippen LogP contribution in [0, 0.1) is 18.8 Å². The number of fused-ring (bicyclic) bond motifs is 1. The first-order valence-electron chi connectivity index (χ1n) is 9.07. The lowest BCUT2D eigenvalue weighted by atomic mass is 9.69. The van der Waals surface area contributed by atoms with Gasteiger partial charge in [-0.1, -0.05) is 29.8 Å². The van der Waals surface area contributed by atoms with Gasteiger partial charge in [0.05, 0.1) is 7.11 Å². The third kappa shape index (κ3) is 2.70. The molecule has 0 spiro atoms. The molecule has 2 atom stereocenters. The van der Waals surface area contributed by atoms with Gasteiger partial charge in [-0.25, -0.2) is 4.79 Å². The Morgan fingerprint density at radius 3 is 2.52 bits per heavy atom. The van der Waals surface area contributed by atoms with Crippen LogP contribution in [0.25, 0.3) is 0 Å². The average Bonchev–Trinajstić information content (AvgIpc) is 3.13. The van der Waals surface area contributed by atoms with Gasteiger partial charge in [-0.05, 0) is 44.6 Å². The number of likely N-dealkylation sites (tertiary alicyclic amines) is 1. The molecule has 25 heavy (non-hydrogen) atoms. The third-order valence-electron chi connectivity index (χ3n) is 6.42. The Kier molecular flexibility index (Phi) is 3.60. The van der Waals surface area contributed by atoms with Crippen molar-refractivity contribution in [3.8, 4) is 0 Å². The summed E-state index contributed by atoms with van der Waals surface area (Å²) in [5.74, 6) is 0.886. The molecule has 0 radical (unpaired) electrons. The summed E-state index contributed by atoms with van der Waals surface area (Å²) >= 11 is 0. The summed E-state index contributed by atoms with van der Waals surface area (Å²) in [6.07, 6.45) is 2.17. The van der Waals surface area contributed by atoms with E-state index < -0.39 is 6.09 Å². The normalized spacial score (nSPS) is 35.6. The summed E-state index contributed by atoms with van der Waals surface area (Å²) in [7, 11) is 1.36. The zero-order valence-corrected chi connectivity index (χ0v) is 15.2. The van der Waals surface area contributed by atoms with E-state index in [4.69, 9.17) is 0 Å². The second kappa shape index (κ2) is 5.48. The number of benzene rings is 1. The number of amides is 2. The van der Waals surface area contributed by atoms with E-state index >= 15 is 0 Å². The van der Waals surface area contributed by atoms with Gasteiger partial charge in [0.2, 0.25) is 5.91 Å². The Morgan fingerprint density at radius 2 is 1.88 bits per heavy atom. The molecule has 4 rings (SSSR count). The Hall–Kier alpha value is -2.04. The molecular formula is C20H26N2O3. The Balaban J connectivity index is 1.37. The molecule has 2 unspecified atom stereocenters. The summed E-state index contributed by atoms with van der Waals surface area (Å²) in [5.41, 5.74) is 2.53. The minimum absolute atomic E-state index is 0.0229. The smallest absolute Gasteiger partial charge is 0.407 e. The molecule has 3 fully saturated rings. The van der Waals surface area contributed by atoms with Gasteiger partial charge in [0.15, 0.2) is 0 Å². The summed E-state index contributed by atoms with van der Waals surface area (Å²) in [5, 5.41) is 2.84. The lowest BCUT2D eigenvalue weighted by Gasteiger charge is -2.45. The number of aryl methyl sites for hydroxylation is 1. The first-order chi connectivity index (χ1) is 11.8. The van der Waals surface area contributed by atoms with Crippen LogP contribution in [0.15, 0.2) is 24.3 Å². The quantitative estimate of drug-likeness (QED) is 0.919. The zero-order chi connectivity index (χ0) is 17.8. The van der Waals surface area contributed by atoms with Crippen molar-refractivity contribution in [3.63, 3.8) is 0 Å². The number of nitrogens with zero attached hydrogens (tertiary/aromatic N) is 1. The van der Waals surface area contributed by atoms with Crippen LogP contribution >= 0.6 is 0 Å². The van der Waals surface area contributed by atoms with E-state index in [0.29, 0.717) is 18.8 Å². The number of hydrogen-bond donors (Lipinski definition) is 1. The van der Waals surface area contributed by atoms with Crippen LogP contribution in [-0.2, 0) is 14.9 Å². The number of nitrogens with one attached hydrogen (secondary N) is 1. The van der Waals surface area contributed by atoms with E-state index in [9.17, 15) is 9.59 Å². The highest BCUT2D eigenvalue weighted by Gasteiger charge is 2.62. The molecule has 2 saturated carbocycles. The van der Waals surface area contributed by atoms with E-state index in [1.54, 1.807) is 0 Å². The van der Waals surface area contributed by atoms with Crippen LogP contribution in [0.4, 0.5) is 4.79 Å². The van der Waals surface area contributed by atoms with Crippen molar-refractivity contribution in [3.05, 3.63) is 35.4 Å². The number of rotatable bonds is 3. The largest absolute Gasteiger partial charge is 0.453 e. The minimum atomic E-state index is -0.422. The highest BCUT2D eigenvalue weighted by molar-refractivity contribution is 5.82. The maximum atomic E-state index is 12.8. The van der Waals surface area contributed by atoms with Crippen LogP contribution in [0.2, 0.25) is 0 Å². The van der Waals surface area contributed by atoms with E-state index in [-0.39, 0.29) is 22.8 Å². The fourth-order valence-electron chi connectivity index (χ4n) is 4.84. The van der Waals surface area contributed by atoms with E-state index in [0.717, 1.165) is 13.1 Å². The molecule has 1 heterocycles. The minimum Gasteiger partial charge on any atom is -0.453 e. The third-order valence-corrected chi connectivity index (χ3v) is 6.42. The first-order valence-corrected chi connectivity index (χ1v) is 9.07. The van der Waals surface area contributed by atoms with Crippen LogP contribution in [0.1, 0.15) is 37.3 Å². The molecule has 3 aliphatic rings. The van der Waals surface area contributed by atoms with Gasteiger partial charge < -0.3 is 15.0 Å². The van der Waals surface area contributed by atoms with E-state index in [2.05, 4.69) is 46.1 Å². The molecule has 1 aromatic rings. The Morgan fingerprint density at radius 1 is 1.20 bits per heavy atom. The van der Waals surface area contributed by atoms with Gasteiger partial charge in [-0.3, -0.25) is 4.79 Å². The summed E-state index contributed by atoms with van der Waals surface area (Å²) in [4.78, 5) is 26.3. The first kappa shape index (κ1) is 16.4. The van der Waals surface area contributed by atoms with Gasteiger partial charge in [-0.2, -0.15) is 0 Å². The number of hydrogen-bond acceptors (Lipinski definition) is 3. The van der Waals surface area contributed by atoms with Crippen molar-refractivity contribution < 1.29 is 14.3 Å². The maximum Gasteiger partial charge on any atom is 0.407 e. The molecule has 2 aliphatic carbocycles. The van der Waals surface area contributed by atoms with E-state index in [1.807, 2.05) is 6.92 Å². The van der Waals surface area contributed by atoms with Crippen molar-refractivity contribution in [1.29, 1.82) is 0 Å². The summed E-state index contributed by atoms with van der Waals surface area (Å²) in [6, 6.07) is 8.79. The number of piperidine rings is 1. The molecule has 0 aromatic heterocycles. The van der Waals surface area contributed by atoms with Crippen molar-refractivity contribution in [1.82, 2.24) is 10.2 Å². The maximum absolute atomic E-state index is 12.8. The second-order valence-corrected chi connectivity index (χ2v) is 8.42. The molecular weight excluding hydrogens is 316 g/mol. The molecule has 5 nitrogen and oxygen atoms in total. The van der Waals surface area contributed by atoms with Gasteiger partial charge in [-0.15, -0.1) is 0 Å². The fraction of sp³-hybridized carbons (Fsp3) is 0.600. The number of carbonyl (C=O) groups excluding carboxylic acids is 2. The topological polar surface area (TPSA) is 58.6 Å². The molecule has 1 N–H and O–H groups in total. The fourth-order valence-corrected chi connectivity index (χ4v) is 4.84. The highest BCUT2D eigenvalue weighted by atomic mass is 16.5. The van der Waals surface area contributed by atoms with Crippen molar-refractivity contribution in [2.75, 3.05) is 20.2 Å². The van der Waals surface area contributed by atoms with Crippen LogP contribution in [-0.4, -0.2) is 42.6 Å². The molecule has 1 aliphatic heterocycles. The van der Waals surface area contributed by atoms with Crippen LogP contribution in [0.3, 0.4) is 0 Å². The summed E-state index contributed by atoms with van der Waals surface area (Å²) < 4.78 is 4.66.